The van der Waals surface area contributed by atoms with Gasteiger partial charge in [0.1, 0.15) is 0 Å². The third-order valence-electron chi connectivity index (χ3n) is 3.16. The van der Waals surface area contributed by atoms with Crippen molar-refractivity contribution in [1.82, 2.24) is 24.8 Å². The molecule has 3 aromatic heterocycles. The second-order valence-electron chi connectivity index (χ2n) is 4.76. The van der Waals surface area contributed by atoms with Gasteiger partial charge in [0, 0.05) is 11.0 Å². The highest BCUT2D eigenvalue weighted by Gasteiger charge is 2.12. The van der Waals surface area contributed by atoms with E-state index in [1.54, 1.807) is 23.8 Å². The number of nitrogens with zero attached hydrogens (tertiary/aromatic N) is 5. The molecular weight excluding hydrogens is 364 g/mol. The number of fused-ring (bicyclic) bond motifs is 2. The Kier molecular flexibility index (Phi) is 3.86. The Bertz CT molecular complexity index is 1090. The first kappa shape index (κ1) is 15.6. The van der Waals surface area contributed by atoms with Gasteiger partial charge >= 0.3 is 6.09 Å². The topological polar surface area (TPSA) is 118 Å². The quantitative estimate of drug-likeness (QED) is 0.578. The van der Waals surface area contributed by atoms with Crippen molar-refractivity contribution in [3.63, 3.8) is 0 Å². The molecule has 0 spiro atoms. The normalized spacial score (nSPS) is 11.1. The maximum atomic E-state index is 10.8. The van der Waals surface area contributed by atoms with Crippen LogP contribution >= 0.6 is 23.1 Å². The molecule has 0 saturated carbocycles. The van der Waals surface area contributed by atoms with Crippen LogP contribution in [0.4, 0.5) is 4.79 Å². The van der Waals surface area contributed by atoms with Gasteiger partial charge in [-0.25, -0.2) is 9.78 Å². The Balaban J connectivity index is 1.67. The zero-order chi connectivity index (χ0) is 17.4. The van der Waals surface area contributed by atoms with Gasteiger partial charge in [-0.1, -0.05) is 11.3 Å². The Morgan fingerprint density at radius 3 is 2.96 bits per heavy atom. The van der Waals surface area contributed by atoms with Crippen LogP contribution in [-0.2, 0) is 0 Å². The molecule has 0 aliphatic rings. The molecule has 0 bridgehead atoms. The average molecular weight is 374 g/mol. The maximum Gasteiger partial charge on any atom is 0.411 e. The Morgan fingerprint density at radius 2 is 2.16 bits per heavy atom. The maximum absolute atomic E-state index is 10.8. The van der Waals surface area contributed by atoms with Gasteiger partial charge in [0.15, 0.2) is 5.65 Å². The molecule has 0 saturated heterocycles. The van der Waals surface area contributed by atoms with Gasteiger partial charge in [0.05, 0.1) is 17.3 Å². The van der Waals surface area contributed by atoms with E-state index in [1.807, 2.05) is 18.2 Å². The van der Waals surface area contributed by atoms with Crippen LogP contribution < -0.4 is 15.2 Å². The summed E-state index contributed by atoms with van der Waals surface area (Å²) in [6, 6.07) is 9.15. The minimum Gasteiger partial charge on any atom is -0.480 e. The first-order valence-corrected chi connectivity index (χ1v) is 8.58. The number of carbonyl (C=O) groups is 1. The van der Waals surface area contributed by atoms with Crippen molar-refractivity contribution in [2.24, 2.45) is 5.73 Å². The number of amides is 1. The van der Waals surface area contributed by atoms with Crippen molar-refractivity contribution < 1.29 is 14.3 Å². The average Bonchev–Trinajstić information content (AvgIpc) is 3.17. The fourth-order valence-electron chi connectivity index (χ4n) is 2.11. The Hall–Kier alpha value is -2.92. The number of benzene rings is 1. The summed E-state index contributed by atoms with van der Waals surface area (Å²) in [5, 5.41) is 13.4. The van der Waals surface area contributed by atoms with Crippen LogP contribution in [0.1, 0.15) is 0 Å². The minimum atomic E-state index is -0.886. The van der Waals surface area contributed by atoms with E-state index in [9.17, 15) is 4.79 Å². The number of nitrogens with two attached hydrogens (primary N) is 1. The fourth-order valence-corrected chi connectivity index (χ4v) is 3.87. The molecule has 0 aliphatic carbocycles. The van der Waals surface area contributed by atoms with Gasteiger partial charge in [-0.3, -0.25) is 0 Å². The lowest BCUT2D eigenvalue weighted by atomic mass is 10.3. The van der Waals surface area contributed by atoms with E-state index < -0.39 is 6.09 Å². The summed E-state index contributed by atoms with van der Waals surface area (Å²) in [4.78, 5) is 15.9. The molecule has 9 nitrogen and oxygen atoms in total. The molecule has 0 atom stereocenters. The first-order chi connectivity index (χ1) is 12.1. The third-order valence-corrected chi connectivity index (χ3v) is 4.98. The molecule has 4 aromatic rings. The summed E-state index contributed by atoms with van der Waals surface area (Å²) >= 11 is 2.63. The molecule has 2 N–H and O–H groups in total. The van der Waals surface area contributed by atoms with Crippen molar-refractivity contribution in [3.05, 3.63) is 30.3 Å². The Morgan fingerprint density at radius 1 is 1.28 bits per heavy atom. The van der Waals surface area contributed by atoms with Crippen LogP contribution in [0, 0.1) is 0 Å². The third kappa shape index (κ3) is 3.06. The predicted octanol–water partition coefficient (Wildman–Crippen LogP) is 2.35. The summed E-state index contributed by atoms with van der Waals surface area (Å²) in [5.74, 6) is 0.473. The van der Waals surface area contributed by atoms with E-state index in [0.717, 1.165) is 15.1 Å². The smallest absolute Gasteiger partial charge is 0.411 e. The summed E-state index contributed by atoms with van der Waals surface area (Å²) in [6.07, 6.45) is -0.886. The molecule has 0 radical (unpaired) electrons. The molecule has 1 aromatic carbocycles. The number of carbonyl (C=O) groups excluding carboxylic acids is 1. The highest BCUT2D eigenvalue weighted by atomic mass is 32.2. The molecule has 4 rings (SSSR count). The molecule has 1 amide bonds. The molecule has 25 heavy (non-hydrogen) atoms. The summed E-state index contributed by atoms with van der Waals surface area (Å²) in [7, 11) is 1.55. The minimum absolute atomic E-state index is 0.212. The highest BCUT2D eigenvalue weighted by Crippen LogP contribution is 2.33. The van der Waals surface area contributed by atoms with E-state index in [2.05, 4.69) is 20.3 Å². The van der Waals surface area contributed by atoms with Crippen LogP contribution in [0.3, 0.4) is 0 Å². The summed E-state index contributed by atoms with van der Waals surface area (Å²) < 4.78 is 12.4. The number of methoxy groups -OCH3 is 1. The standard InChI is InChI=1S/C14H10N6O3S2/c1-22-11-5-4-10-17-18-13(20(10)19-11)24-7-2-3-8-9(6-7)25-14(16-8)23-12(15)21/h2-6H,1H3,(H2,15,21). The highest BCUT2D eigenvalue weighted by molar-refractivity contribution is 7.99. The lowest BCUT2D eigenvalue weighted by Gasteiger charge is -2.01. The molecule has 0 fully saturated rings. The SMILES string of the molecule is COc1ccc2nnc(Sc3ccc4nc(OC(N)=O)sc4c3)n2n1. The largest absolute Gasteiger partial charge is 0.480 e. The molecule has 0 aliphatic heterocycles. The van der Waals surface area contributed by atoms with Crippen LogP contribution in [0.15, 0.2) is 40.4 Å². The van der Waals surface area contributed by atoms with Crippen LogP contribution in [0.5, 0.6) is 11.1 Å². The number of hydrogen-bond donors (Lipinski definition) is 1. The molecule has 126 valence electrons. The fraction of sp³-hybridized carbons (Fsp3) is 0.0714. The van der Waals surface area contributed by atoms with Crippen molar-refractivity contribution >= 4 is 45.1 Å². The van der Waals surface area contributed by atoms with Crippen LogP contribution in [0.25, 0.3) is 15.9 Å². The van der Waals surface area contributed by atoms with Gasteiger partial charge in [0.25, 0.3) is 5.19 Å². The van der Waals surface area contributed by atoms with Crippen LogP contribution in [-0.4, -0.2) is 38.0 Å². The van der Waals surface area contributed by atoms with E-state index in [0.29, 0.717) is 16.7 Å². The van der Waals surface area contributed by atoms with Gasteiger partial charge < -0.3 is 15.2 Å². The second kappa shape index (κ2) is 6.18. The van der Waals surface area contributed by atoms with Gasteiger partial charge in [-0.05, 0) is 36.0 Å². The molecule has 0 unspecified atom stereocenters. The number of thiazole rings is 1. The van der Waals surface area contributed by atoms with Crippen molar-refractivity contribution in [2.45, 2.75) is 10.1 Å². The van der Waals surface area contributed by atoms with Gasteiger partial charge in [-0.15, -0.1) is 15.3 Å². The lowest BCUT2D eigenvalue weighted by Crippen LogP contribution is -2.15. The van der Waals surface area contributed by atoms with Crippen molar-refractivity contribution in [1.29, 1.82) is 0 Å². The first-order valence-electron chi connectivity index (χ1n) is 6.94. The van der Waals surface area contributed by atoms with E-state index in [1.165, 1.54) is 23.1 Å². The van der Waals surface area contributed by atoms with E-state index >= 15 is 0 Å². The molecule has 3 heterocycles. The second-order valence-corrected chi connectivity index (χ2v) is 6.79. The number of aromatic nitrogens is 5. The zero-order valence-corrected chi connectivity index (χ0v) is 14.4. The Labute approximate surface area is 148 Å². The number of ether oxygens (including phenoxy) is 2. The summed E-state index contributed by atoms with van der Waals surface area (Å²) in [5.41, 5.74) is 6.35. The number of primary amides is 1. The van der Waals surface area contributed by atoms with E-state index in [-0.39, 0.29) is 5.19 Å². The van der Waals surface area contributed by atoms with Crippen molar-refractivity contribution in [2.75, 3.05) is 7.11 Å². The number of rotatable bonds is 4. The summed E-state index contributed by atoms with van der Waals surface area (Å²) in [6.45, 7) is 0. The van der Waals surface area contributed by atoms with Crippen LogP contribution in [0.2, 0.25) is 0 Å². The zero-order valence-electron chi connectivity index (χ0n) is 12.7. The molecule has 11 heteroatoms. The number of hydrogen-bond acceptors (Lipinski definition) is 9. The monoisotopic (exact) mass is 374 g/mol. The van der Waals surface area contributed by atoms with Gasteiger partial charge in [0.2, 0.25) is 11.0 Å². The van der Waals surface area contributed by atoms with E-state index in [4.69, 9.17) is 15.2 Å². The van der Waals surface area contributed by atoms with Crippen molar-refractivity contribution in [3.8, 4) is 11.1 Å². The molecular formula is C14H10N6O3S2. The predicted molar refractivity (Wildman–Crippen MR) is 91.3 cm³/mol. The van der Waals surface area contributed by atoms with Gasteiger partial charge in [-0.2, -0.15) is 4.52 Å². The lowest BCUT2D eigenvalue weighted by molar-refractivity contribution is 0.211.